The van der Waals surface area contributed by atoms with Crippen molar-refractivity contribution in [3.05, 3.63) is 23.8 Å². The van der Waals surface area contributed by atoms with E-state index in [1.807, 2.05) is 6.07 Å². The molecule has 2 aliphatic rings. The number of rotatable bonds is 1. The summed E-state index contributed by atoms with van der Waals surface area (Å²) in [7, 11) is 0. The maximum Gasteiger partial charge on any atom is 0.246 e. The molecule has 20 heavy (non-hydrogen) atoms. The number of carbonyl (C=O) groups is 2. The summed E-state index contributed by atoms with van der Waals surface area (Å²) in [5, 5.41) is 12.1. The van der Waals surface area contributed by atoms with E-state index in [-0.39, 0.29) is 24.3 Å². The molecule has 1 fully saturated rings. The minimum atomic E-state index is 0.00642. The van der Waals surface area contributed by atoms with E-state index < -0.39 is 0 Å². The van der Waals surface area contributed by atoms with E-state index >= 15 is 0 Å². The Morgan fingerprint density at radius 3 is 2.70 bits per heavy atom. The molecule has 3 rings (SSSR count). The molecule has 5 heteroatoms. The number of nitriles is 1. The van der Waals surface area contributed by atoms with Crippen LogP contribution in [0.25, 0.3) is 0 Å². The quantitative estimate of drug-likeness (QED) is 0.844. The lowest BCUT2D eigenvalue weighted by atomic mass is 9.92. The molecular formula is C15H15N3O2. The molecule has 1 amide bonds. The lowest BCUT2D eigenvalue weighted by molar-refractivity contribution is -0.122. The normalized spacial score (nSPS) is 19.2. The molecule has 0 aromatic heterocycles. The number of hydrogen-bond donors (Lipinski definition) is 1. The summed E-state index contributed by atoms with van der Waals surface area (Å²) < 4.78 is 0. The lowest BCUT2D eigenvalue weighted by Gasteiger charge is -2.38. The Morgan fingerprint density at radius 2 is 2.00 bits per heavy atom. The Balaban J connectivity index is 1.97. The van der Waals surface area contributed by atoms with Crippen LogP contribution in [-0.4, -0.2) is 24.3 Å². The summed E-state index contributed by atoms with van der Waals surface area (Å²) in [6, 6.07) is 7.49. The zero-order valence-corrected chi connectivity index (χ0v) is 11.1. The second kappa shape index (κ2) is 4.97. The van der Waals surface area contributed by atoms with E-state index in [1.165, 1.54) is 0 Å². The van der Waals surface area contributed by atoms with Crippen LogP contribution in [0.3, 0.4) is 0 Å². The molecule has 0 bridgehead atoms. The van der Waals surface area contributed by atoms with Gasteiger partial charge in [-0.15, -0.1) is 0 Å². The molecule has 0 saturated heterocycles. The summed E-state index contributed by atoms with van der Waals surface area (Å²) in [5.74, 6) is 0.279. The molecule has 1 heterocycles. The summed E-state index contributed by atoms with van der Waals surface area (Å²) in [4.78, 5) is 25.4. The number of ketones is 1. The highest BCUT2D eigenvalue weighted by Gasteiger charge is 2.32. The number of hydrogen-bond acceptors (Lipinski definition) is 4. The second-order valence-electron chi connectivity index (χ2n) is 5.23. The average Bonchev–Trinajstić information content (AvgIpc) is 2.48. The van der Waals surface area contributed by atoms with Crippen LogP contribution in [0.15, 0.2) is 18.2 Å². The molecule has 5 nitrogen and oxygen atoms in total. The van der Waals surface area contributed by atoms with Crippen molar-refractivity contribution in [1.82, 2.24) is 0 Å². The molecular weight excluding hydrogens is 254 g/mol. The van der Waals surface area contributed by atoms with Gasteiger partial charge in [-0.05, 0) is 31.0 Å². The van der Waals surface area contributed by atoms with E-state index in [2.05, 4.69) is 11.4 Å². The molecule has 1 N–H and O–H groups in total. The Bertz CT molecular complexity index is 608. The summed E-state index contributed by atoms with van der Waals surface area (Å²) >= 11 is 0. The molecule has 1 saturated carbocycles. The van der Waals surface area contributed by atoms with Crippen LogP contribution >= 0.6 is 0 Å². The average molecular weight is 269 g/mol. The van der Waals surface area contributed by atoms with E-state index in [4.69, 9.17) is 5.26 Å². The Morgan fingerprint density at radius 1 is 1.25 bits per heavy atom. The zero-order chi connectivity index (χ0) is 14.1. The first-order valence-corrected chi connectivity index (χ1v) is 6.81. The third kappa shape index (κ3) is 2.14. The van der Waals surface area contributed by atoms with Crippen molar-refractivity contribution in [2.75, 3.05) is 16.8 Å². The van der Waals surface area contributed by atoms with Gasteiger partial charge >= 0.3 is 0 Å². The van der Waals surface area contributed by atoms with Crippen molar-refractivity contribution < 1.29 is 9.59 Å². The molecule has 1 aliphatic carbocycles. The van der Waals surface area contributed by atoms with Gasteiger partial charge in [0.25, 0.3) is 0 Å². The first kappa shape index (κ1) is 12.7. The number of anilines is 2. The van der Waals surface area contributed by atoms with Crippen molar-refractivity contribution in [3.63, 3.8) is 0 Å². The van der Waals surface area contributed by atoms with Gasteiger partial charge < -0.3 is 10.2 Å². The lowest BCUT2D eigenvalue weighted by Crippen LogP contribution is -2.48. The zero-order valence-electron chi connectivity index (χ0n) is 11.1. The summed E-state index contributed by atoms with van der Waals surface area (Å²) in [6.45, 7) is 0.267. The third-order valence-corrected chi connectivity index (χ3v) is 3.96. The number of fused-ring (bicyclic) bond motifs is 1. The molecule has 0 unspecified atom stereocenters. The molecule has 0 atom stereocenters. The number of benzene rings is 1. The third-order valence-electron chi connectivity index (χ3n) is 3.96. The van der Waals surface area contributed by atoms with Gasteiger partial charge in [0.1, 0.15) is 5.78 Å². The maximum atomic E-state index is 12.2. The first-order valence-electron chi connectivity index (χ1n) is 6.81. The van der Waals surface area contributed by atoms with Gasteiger partial charge in [0.2, 0.25) is 5.91 Å². The van der Waals surface area contributed by atoms with Gasteiger partial charge in [-0.2, -0.15) is 5.26 Å². The van der Waals surface area contributed by atoms with E-state index in [0.29, 0.717) is 31.2 Å². The van der Waals surface area contributed by atoms with Crippen molar-refractivity contribution in [3.8, 4) is 6.07 Å². The van der Waals surface area contributed by atoms with Crippen molar-refractivity contribution in [1.29, 1.82) is 5.26 Å². The smallest absolute Gasteiger partial charge is 0.246 e. The van der Waals surface area contributed by atoms with Crippen molar-refractivity contribution in [2.24, 2.45) is 0 Å². The molecule has 102 valence electrons. The minimum absolute atomic E-state index is 0.00642. The maximum absolute atomic E-state index is 12.2. The number of Topliss-reactive ketones (excluding diaryl/α,β-unsaturated/α-hetero) is 1. The van der Waals surface area contributed by atoms with Crippen LogP contribution in [0.2, 0.25) is 0 Å². The van der Waals surface area contributed by atoms with Crippen LogP contribution < -0.4 is 10.2 Å². The van der Waals surface area contributed by atoms with Gasteiger partial charge in [-0.3, -0.25) is 9.59 Å². The monoisotopic (exact) mass is 269 g/mol. The Labute approximate surface area is 117 Å². The number of carbonyl (C=O) groups excluding carboxylic acids is 2. The first-order chi connectivity index (χ1) is 9.69. The SMILES string of the molecule is N#Cc1ccc2c(c1)N(C1CCC(=O)CC1)C(=O)CN2. The topological polar surface area (TPSA) is 73.2 Å². The fraction of sp³-hybridized carbons (Fsp3) is 0.400. The van der Waals surface area contributed by atoms with Crippen molar-refractivity contribution >= 4 is 23.1 Å². The van der Waals surface area contributed by atoms with E-state index in [1.54, 1.807) is 17.0 Å². The molecule has 1 aromatic carbocycles. The number of amides is 1. The van der Waals surface area contributed by atoms with Crippen LogP contribution in [0.4, 0.5) is 11.4 Å². The van der Waals surface area contributed by atoms with E-state index in [9.17, 15) is 9.59 Å². The van der Waals surface area contributed by atoms with E-state index in [0.717, 1.165) is 11.4 Å². The number of nitrogens with zero attached hydrogens (tertiary/aromatic N) is 2. The van der Waals surface area contributed by atoms with Crippen LogP contribution in [0.1, 0.15) is 31.2 Å². The van der Waals surface area contributed by atoms with Gasteiger partial charge in [0.05, 0.1) is 29.6 Å². The second-order valence-corrected chi connectivity index (χ2v) is 5.23. The van der Waals surface area contributed by atoms with Gasteiger partial charge in [0.15, 0.2) is 0 Å². The largest absolute Gasteiger partial charge is 0.374 e. The van der Waals surface area contributed by atoms with Crippen molar-refractivity contribution in [2.45, 2.75) is 31.7 Å². The van der Waals surface area contributed by atoms with Gasteiger partial charge in [-0.1, -0.05) is 0 Å². The predicted molar refractivity (Wildman–Crippen MR) is 74.4 cm³/mol. The van der Waals surface area contributed by atoms with Gasteiger partial charge in [-0.25, -0.2) is 0 Å². The standard InChI is InChI=1S/C15H15N3O2/c16-8-10-1-6-13-14(7-10)18(15(20)9-17-13)11-2-4-12(19)5-3-11/h1,6-7,11,17H,2-5,9H2. The predicted octanol–water partition coefficient (Wildman–Crippen LogP) is 1.83. The van der Waals surface area contributed by atoms with Crippen LogP contribution in [0, 0.1) is 11.3 Å². The fourth-order valence-electron chi connectivity index (χ4n) is 2.92. The van der Waals surface area contributed by atoms with Crippen LogP contribution in [0.5, 0.6) is 0 Å². The molecule has 1 aromatic rings. The highest BCUT2D eigenvalue weighted by atomic mass is 16.2. The summed E-state index contributed by atoms with van der Waals surface area (Å²) in [6.07, 6.45) is 2.49. The van der Waals surface area contributed by atoms with Gasteiger partial charge in [0, 0.05) is 18.9 Å². The fourth-order valence-corrected chi connectivity index (χ4v) is 2.92. The highest BCUT2D eigenvalue weighted by Crippen LogP contribution is 2.35. The highest BCUT2D eigenvalue weighted by molar-refractivity contribution is 6.03. The number of nitrogens with one attached hydrogen (secondary N) is 1. The molecule has 0 radical (unpaired) electrons. The summed E-state index contributed by atoms with van der Waals surface area (Å²) in [5.41, 5.74) is 2.18. The molecule has 0 spiro atoms. The Hall–Kier alpha value is -2.35. The molecule has 1 aliphatic heterocycles. The Kier molecular flexibility index (Phi) is 3.15. The minimum Gasteiger partial charge on any atom is -0.374 e. The van der Waals surface area contributed by atoms with Crippen LogP contribution in [-0.2, 0) is 9.59 Å².